The molecule has 0 aromatic heterocycles. The van der Waals surface area contributed by atoms with E-state index in [4.69, 9.17) is 10.8 Å². The van der Waals surface area contributed by atoms with E-state index in [1.807, 2.05) is 0 Å². The number of hydrogen-bond donors (Lipinski definition) is 2. The summed E-state index contributed by atoms with van der Waals surface area (Å²) in [5, 5.41) is 8.72. The molecule has 0 saturated carbocycles. The summed E-state index contributed by atoms with van der Waals surface area (Å²) < 4.78 is 13.1. The van der Waals surface area contributed by atoms with Gasteiger partial charge < -0.3 is 10.8 Å². The minimum Gasteiger partial charge on any atom is -0.392 e. The van der Waals surface area contributed by atoms with Crippen molar-refractivity contribution in [1.82, 2.24) is 0 Å². The molecular weight excluding hydrogens is 197 g/mol. The monoisotopic (exact) mass is 207 g/mol. The summed E-state index contributed by atoms with van der Waals surface area (Å²) >= 11 is 0. The van der Waals surface area contributed by atoms with E-state index in [0.717, 1.165) is 0 Å². The van der Waals surface area contributed by atoms with Crippen LogP contribution in [0.25, 0.3) is 0 Å². The first-order chi connectivity index (χ1) is 7.13. The Morgan fingerprint density at radius 3 is 2.80 bits per heavy atom. The molecule has 0 aliphatic carbocycles. The standard InChI is InChI=1S/C11H10FNO2/c12-10-6-8(2-1-3-11(13)15)4-5-9(10)7-14/h4-6,14H,3,7H2,(H2,13,15). The van der Waals surface area contributed by atoms with Gasteiger partial charge in [0.1, 0.15) is 5.82 Å². The zero-order valence-corrected chi connectivity index (χ0v) is 7.96. The molecule has 0 unspecified atom stereocenters. The zero-order valence-electron chi connectivity index (χ0n) is 7.96. The summed E-state index contributed by atoms with van der Waals surface area (Å²) in [7, 11) is 0. The lowest BCUT2D eigenvalue weighted by Gasteiger charge is -1.98. The molecule has 3 N–H and O–H groups in total. The van der Waals surface area contributed by atoms with E-state index in [9.17, 15) is 9.18 Å². The van der Waals surface area contributed by atoms with E-state index in [2.05, 4.69) is 11.8 Å². The number of carbonyl (C=O) groups is 1. The second-order valence-corrected chi connectivity index (χ2v) is 2.91. The van der Waals surface area contributed by atoms with Crippen LogP contribution >= 0.6 is 0 Å². The van der Waals surface area contributed by atoms with Gasteiger partial charge in [0.25, 0.3) is 0 Å². The van der Waals surface area contributed by atoms with Crippen molar-refractivity contribution in [2.24, 2.45) is 5.73 Å². The summed E-state index contributed by atoms with van der Waals surface area (Å²) in [5.41, 5.74) is 5.55. The molecule has 1 amide bonds. The number of halogens is 1. The first kappa shape index (κ1) is 11.2. The van der Waals surface area contributed by atoms with Crippen molar-refractivity contribution in [2.75, 3.05) is 0 Å². The van der Waals surface area contributed by atoms with E-state index in [-0.39, 0.29) is 18.6 Å². The fourth-order valence-corrected chi connectivity index (χ4v) is 0.987. The van der Waals surface area contributed by atoms with Crippen LogP contribution in [0.2, 0.25) is 0 Å². The molecule has 0 aliphatic rings. The molecule has 0 spiro atoms. The van der Waals surface area contributed by atoms with Crippen LogP contribution in [0.15, 0.2) is 18.2 Å². The van der Waals surface area contributed by atoms with E-state index >= 15 is 0 Å². The maximum absolute atomic E-state index is 13.1. The molecule has 78 valence electrons. The molecular formula is C11H10FNO2. The molecule has 0 aliphatic heterocycles. The molecule has 0 atom stereocenters. The van der Waals surface area contributed by atoms with Crippen molar-refractivity contribution in [3.05, 3.63) is 35.1 Å². The van der Waals surface area contributed by atoms with Gasteiger partial charge in [-0.2, -0.15) is 0 Å². The topological polar surface area (TPSA) is 63.3 Å². The smallest absolute Gasteiger partial charge is 0.229 e. The molecule has 1 aromatic carbocycles. The highest BCUT2D eigenvalue weighted by molar-refractivity contribution is 5.76. The van der Waals surface area contributed by atoms with Crippen molar-refractivity contribution in [3.63, 3.8) is 0 Å². The fraction of sp³-hybridized carbons (Fsp3) is 0.182. The third-order valence-corrected chi connectivity index (χ3v) is 1.72. The van der Waals surface area contributed by atoms with E-state index in [0.29, 0.717) is 5.56 Å². The number of amides is 1. The van der Waals surface area contributed by atoms with E-state index < -0.39 is 11.7 Å². The Balaban J connectivity index is 2.82. The van der Waals surface area contributed by atoms with Crippen LogP contribution in [-0.2, 0) is 11.4 Å². The van der Waals surface area contributed by atoms with Crippen LogP contribution in [0.5, 0.6) is 0 Å². The summed E-state index contributed by atoms with van der Waals surface area (Å²) in [6, 6.07) is 4.23. The van der Waals surface area contributed by atoms with Crippen LogP contribution in [0, 0.1) is 17.7 Å². The van der Waals surface area contributed by atoms with E-state index in [1.165, 1.54) is 12.1 Å². The number of aliphatic hydroxyl groups is 1. The summed E-state index contributed by atoms with van der Waals surface area (Å²) in [4.78, 5) is 10.4. The van der Waals surface area contributed by atoms with Gasteiger partial charge in [-0.3, -0.25) is 4.79 Å². The number of nitrogens with two attached hydrogens (primary N) is 1. The van der Waals surface area contributed by atoms with Gasteiger partial charge in [-0.05, 0) is 12.1 Å². The maximum atomic E-state index is 13.1. The lowest BCUT2D eigenvalue weighted by Crippen LogP contribution is -2.08. The Labute approximate surface area is 86.7 Å². The Kier molecular flexibility index (Phi) is 3.83. The quantitative estimate of drug-likeness (QED) is 0.695. The van der Waals surface area contributed by atoms with Crippen LogP contribution in [0.1, 0.15) is 17.5 Å². The normalized spacial score (nSPS) is 9.20. The molecule has 0 radical (unpaired) electrons. The Bertz CT molecular complexity index is 432. The first-order valence-electron chi connectivity index (χ1n) is 4.30. The predicted molar refractivity (Wildman–Crippen MR) is 53.0 cm³/mol. The molecule has 1 aromatic rings. The lowest BCUT2D eigenvalue weighted by molar-refractivity contribution is -0.117. The highest BCUT2D eigenvalue weighted by Gasteiger charge is 2.00. The molecule has 0 bridgehead atoms. The summed E-state index contributed by atoms with van der Waals surface area (Å²) in [6.07, 6.45) is -0.0522. The van der Waals surface area contributed by atoms with Gasteiger partial charge in [0, 0.05) is 11.1 Å². The van der Waals surface area contributed by atoms with Gasteiger partial charge in [0.15, 0.2) is 0 Å². The fourth-order valence-electron chi connectivity index (χ4n) is 0.987. The van der Waals surface area contributed by atoms with Gasteiger partial charge in [-0.15, -0.1) is 0 Å². The number of carbonyl (C=O) groups excluding carboxylic acids is 1. The Hall–Kier alpha value is -1.86. The van der Waals surface area contributed by atoms with Gasteiger partial charge in [-0.1, -0.05) is 17.9 Å². The minimum absolute atomic E-state index is 0.0522. The second-order valence-electron chi connectivity index (χ2n) is 2.91. The van der Waals surface area contributed by atoms with Gasteiger partial charge in [0.2, 0.25) is 5.91 Å². The number of hydrogen-bond acceptors (Lipinski definition) is 2. The highest BCUT2D eigenvalue weighted by Crippen LogP contribution is 2.09. The highest BCUT2D eigenvalue weighted by atomic mass is 19.1. The average molecular weight is 207 g/mol. The molecule has 0 saturated heterocycles. The number of benzene rings is 1. The molecule has 0 heterocycles. The summed E-state index contributed by atoms with van der Waals surface area (Å²) in [6.45, 7) is -0.346. The van der Waals surface area contributed by atoms with Crippen LogP contribution in [0.3, 0.4) is 0 Å². The SMILES string of the molecule is NC(=O)CC#Cc1ccc(CO)c(F)c1. The third kappa shape index (κ3) is 3.41. The predicted octanol–water partition coefficient (Wildman–Crippen LogP) is 0.545. The van der Waals surface area contributed by atoms with Crippen molar-refractivity contribution < 1.29 is 14.3 Å². The van der Waals surface area contributed by atoms with Crippen molar-refractivity contribution >= 4 is 5.91 Å². The van der Waals surface area contributed by atoms with Crippen LogP contribution in [0.4, 0.5) is 4.39 Å². The summed E-state index contributed by atoms with van der Waals surface area (Å²) in [5.74, 6) is 4.08. The first-order valence-corrected chi connectivity index (χ1v) is 4.30. The number of rotatable bonds is 2. The van der Waals surface area contributed by atoms with Crippen LogP contribution in [-0.4, -0.2) is 11.0 Å². The van der Waals surface area contributed by atoms with E-state index in [1.54, 1.807) is 6.07 Å². The zero-order chi connectivity index (χ0) is 11.3. The molecule has 4 heteroatoms. The average Bonchev–Trinajstić information content (AvgIpc) is 2.17. The number of primary amides is 1. The van der Waals surface area contributed by atoms with Crippen molar-refractivity contribution in [1.29, 1.82) is 0 Å². The molecule has 3 nitrogen and oxygen atoms in total. The Morgan fingerprint density at radius 1 is 1.53 bits per heavy atom. The van der Waals surface area contributed by atoms with Gasteiger partial charge >= 0.3 is 0 Å². The van der Waals surface area contributed by atoms with Crippen molar-refractivity contribution in [3.8, 4) is 11.8 Å². The number of aliphatic hydroxyl groups excluding tert-OH is 1. The van der Waals surface area contributed by atoms with Crippen molar-refractivity contribution in [2.45, 2.75) is 13.0 Å². The minimum atomic E-state index is -0.519. The third-order valence-electron chi connectivity index (χ3n) is 1.72. The van der Waals surface area contributed by atoms with Crippen LogP contribution < -0.4 is 5.73 Å². The Morgan fingerprint density at radius 2 is 2.27 bits per heavy atom. The molecule has 1 rings (SSSR count). The van der Waals surface area contributed by atoms with Gasteiger partial charge in [0.05, 0.1) is 13.0 Å². The second kappa shape index (κ2) is 5.13. The maximum Gasteiger partial charge on any atom is 0.229 e. The lowest BCUT2D eigenvalue weighted by atomic mass is 10.1. The molecule has 15 heavy (non-hydrogen) atoms. The largest absolute Gasteiger partial charge is 0.392 e. The van der Waals surface area contributed by atoms with Gasteiger partial charge in [-0.25, -0.2) is 4.39 Å². The molecule has 0 fully saturated rings.